The first-order valence-electron chi connectivity index (χ1n) is 5.69. The third kappa shape index (κ3) is 2.13. The zero-order chi connectivity index (χ0) is 12.1. The van der Waals surface area contributed by atoms with Gasteiger partial charge in [-0.3, -0.25) is 0 Å². The lowest BCUT2D eigenvalue weighted by atomic mass is 10.0. The molecule has 1 aromatic heterocycles. The van der Waals surface area contributed by atoms with Crippen LogP contribution in [0.5, 0.6) is 0 Å². The number of hydrogen-bond donors (Lipinski definition) is 0. The molecule has 0 saturated carbocycles. The molecule has 0 N–H and O–H groups in total. The highest BCUT2D eigenvalue weighted by Crippen LogP contribution is 2.21. The van der Waals surface area contributed by atoms with Crippen molar-refractivity contribution >= 4 is 5.82 Å². The molecule has 4 nitrogen and oxygen atoms in total. The minimum Gasteiger partial charge on any atom is -0.357 e. The van der Waals surface area contributed by atoms with E-state index in [1.165, 1.54) is 0 Å². The average Bonchev–Trinajstić information content (AvgIpc) is 2.35. The molecule has 0 aliphatic heterocycles. The van der Waals surface area contributed by atoms with Crippen LogP contribution >= 0.6 is 0 Å². The zero-order valence-electron chi connectivity index (χ0n) is 10.4. The van der Waals surface area contributed by atoms with Crippen LogP contribution in [-0.2, 0) is 12.8 Å². The van der Waals surface area contributed by atoms with Crippen LogP contribution in [0.4, 0.5) is 5.82 Å². The fourth-order valence-electron chi connectivity index (χ4n) is 1.70. The molecular formula is C12H18N4. The standard InChI is InChI=1S/C12H18N4/c1-5-9-10(8-13)12(16(4)7-3)15-14-11(9)6-2/h5-7H2,1-4H3. The molecule has 0 spiro atoms. The molecule has 0 aromatic carbocycles. The topological polar surface area (TPSA) is 52.8 Å². The van der Waals surface area contributed by atoms with Gasteiger partial charge in [0.05, 0.1) is 5.69 Å². The monoisotopic (exact) mass is 218 g/mol. The van der Waals surface area contributed by atoms with Gasteiger partial charge in [0.25, 0.3) is 0 Å². The number of rotatable bonds is 4. The summed E-state index contributed by atoms with van der Waals surface area (Å²) in [5, 5.41) is 17.6. The Morgan fingerprint density at radius 1 is 1.19 bits per heavy atom. The molecule has 0 amide bonds. The van der Waals surface area contributed by atoms with Gasteiger partial charge in [0.1, 0.15) is 11.6 Å². The summed E-state index contributed by atoms with van der Waals surface area (Å²) in [6, 6.07) is 2.26. The van der Waals surface area contributed by atoms with Crippen LogP contribution < -0.4 is 4.90 Å². The lowest BCUT2D eigenvalue weighted by Crippen LogP contribution is -2.20. The third-order valence-electron chi connectivity index (χ3n) is 2.78. The fraction of sp³-hybridized carbons (Fsp3) is 0.583. The van der Waals surface area contributed by atoms with Crippen molar-refractivity contribution < 1.29 is 0 Å². The SMILES string of the molecule is CCc1nnc(N(C)CC)c(C#N)c1CC. The van der Waals surface area contributed by atoms with Crippen molar-refractivity contribution in [2.75, 3.05) is 18.5 Å². The van der Waals surface area contributed by atoms with E-state index in [1.54, 1.807) is 0 Å². The van der Waals surface area contributed by atoms with Gasteiger partial charge in [-0.2, -0.15) is 10.4 Å². The Morgan fingerprint density at radius 3 is 2.31 bits per heavy atom. The van der Waals surface area contributed by atoms with Crippen molar-refractivity contribution in [2.45, 2.75) is 33.6 Å². The smallest absolute Gasteiger partial charge is 0.169 e. The summed E-state index contributed by atoms with van der Waals surface area (Å²) in [7, 11) is 1.93. The summed E-state index contributed by atoms with van der Waals surface area (Å²) in [6.07, 6.45) is 1.65. The summed E-state index contributed by atoms with van der Waals surface area (Å²) in [4.78, 5) is 1.95. The maximum atomic E-state index is 9.25. The maximum absolute atomic E-state index is 9.25. The Labute approximate surface area is 96.9 Å². The minimum atomic E-state index is 0.679. The highest BCUT2D eigenvalue weighted by molar-refractivity contribution is 5.57. The lowest BCUT2D eigenvalue weighted by molar-refractivity contribution is 0.833. The first kappa shape index (κ1) is 12.4. The summed E-state index contributed by atoms with van der Waals surface area (Å²) in [5.41, 5.74) is 2.65. The number of hydrogen-bond acceptors (Lipinski definition) is 4. The molecule has 1 heterocycles. The van der Waals surface area contributed by atoms with Gasteiger partial charge in [-0.25, -0.2) is 0 Å². The van der Waals surface area contributed by atoms with Crippen molar-refractivity contribution in [3.8, 4) is 6.07 Å². The highest BCUT2D eigenvalue weighted by atomic mass is 15.2. The molecule has 0 aliphatic rings. The zero-order valence-corrected chi connectivity index (χ0v) is 10.4. The van der Waals surface area contributed by atoms with Gasteiger partial charge < -0.3 is 4.90 Å². The van der Waals surface area contributed by atoms with E-state index in [2.05, 4.69) is 16.3 Å². The predicted octanol–water partition coefficient (Wildman–Crippen LogP) is 1.93. The van der Waals surface area contributed by atoms with Crippen LogP contribution in [0, 0.1) is 11.3 Å². The molecule has 0 radical (unpaired) electrons. The molecule has 0 saturated heterocycles. The van der Waals surface area contributed by atoms with E-state index in [-0.39, 0.29) is 0 Å². The Kier molecular flexibility index (Phi) is 4.24. The number of aryl methyl sites for hydroxylation is 1. The fourth-order valence-corrected chi connectivity index (χ4v) is 1.70. The molecule has 0 aliphatic carbocycles. The highest BCUT2D eigenvalue weighted by Gasteiger charge is 2.15. The van der Waals surface area contributed by atoms with E-state index in [0.29, 0.717) is 11.4 Å². The molecule has 1 aromatic rings. The second-order valence-electron chi connectivity index (χ2n) is 3.66. The number of nitriles is 1. The van der Waals surface area contributed by atoms with Gasteiger partial charge in [-0.1, -0.05) is 13.8 Å². The summed E-state index contributed by atoms with van der Waals surface area (Å²) < 4.78 is 0. The third-order valence-corrected chi connectivity index (χ3v) is 2.78. The molecule has 1 rings (SSSR count). The quantitative estimate of drug-likeness (QED) is 0.775. The van der Waals surface area contributed by atoms with Crippen LogP contribution in [0.2, 0.25) is 0 Å². The van der Waals surface area contributed by atoms with Crippen molar-refractivity contribution in [1.82, 2.24) is 10.2 Å². The largest absolute Gasteiger partial charge is 0.357 e. The molecule has 0 unspecified atom stereocenters. The van der Waals surface area contributed by atoms with Crippen molar-refractivity contribution in [1.29, 1.82) is 5.26 Å². The van der Waals surface area contributed by atoms with Crippen LogP contribution in [-0.4, -0.2) is 23.8 Å². The van der Waals surface area contributed by atoms with Gasteiger partial charge in [0.2, 0.25) is 0 Å². The van der Waals surface area contributed by atoms with E-state index in [9.17, 15) is 5.26 Å². The molecule has 4 heteroatoms. The Morgan fingerprint density at radius 2 is 1.88 bits per heavy atom. The van der Waals surface area contributed by atoms with E-state index >= 15 is 0 Å². The number of anilines is 1. The van der Waals surface area contributed by atoms with E-state index < -0.39 is 0 Å². The molecule has 0 atom stereocenters. The minimum absolute atomic E-state index is 0.679. The van der Waals surface area contributed by atoms with Gasteiger partial charge in [0.15, 0.2) is 5.82 Å². The van der Waals surface area contributed by atoms with E-state index in [0.717, 1.165) is 30.6 Å². The predicted molar refractivity (Wildman–Crippen MR) is 64.4 cm³/mol. The lowest BCUT2D eigenvalue weighted by Gasteiger charge is -2.18. The summed E-state index contributed by atoms with van der Waals surface area (Å²) in [6.45, 7) is 6.93. The van der Waals surface area contributed by atoms with Crippen LogP contribution in [0.15, 0.2) is 0 Å². The van der Waals surface area contributed by atoms with Crippen molar-refractivity contribution in [2.24, 2.45) is 0 Å². The second-order valence-corrected chi connectivity index (χ2v) is 3.66. The van der Waals surface area contributed by atoms with Gasteiger partial charge in [-0.15, -0.1) is 5.10 Å². The summed E-state index contributed by atoms with van der Waals surface area (Å²) in [5.74, 6) is 0.694. The van der Waals surface area contributed by atoms with Crippen LogP contribution in [0.3, 0.4) is 0 Å². The molecule has 0 bridgehead atoms. The van der Waals surface area contributed by atoms with Crippen molar-refractivity contribution in [3.05, 3.63) is 16.8 Å². The van der Waals surface area contributed by atoms with Gasteiger partial charge >= 0.3 is 0 Å². The Balaban J connectivity index is 3.38. The number of nitrogens with zero attached hydrogens (tertiary/aromatic N) is 4. The average molecular weight is 218 g/mol. The molecule has 16 heavy (non-hydrogen) atoms. The van der Waals surface area contributed by atoms with E-state index in [1.807, 2.05) is 32.7 Å². The van der Waals surface area contributed by atoms with Gasteiger partial charge in [0, 0.05) is 13.6 Å². The maximum Gasteiger partial charge on any atom is 0.169 e. The molecule has 86 valence electrons. The van der Waals surface area contributed by atoms with Crippen LogP contribution in [0.1, 0.15) is 37.6 Å². The Bertz CT molecular complexity index is 406. The van der Waals surface area contributed by atoms with E-state index in [4.69, 9.17) is 0 Å². The van der Waals surface area contributed by atoms with Gasteiger partial charge in [-0.05, 0) is 25.3 Å². The summed E-state index contributed by atoms with van der Waals surface area (Å²) >= 11 is 0. The van der Waals surface area contributed by atoms with Crippen molar-refractivity contribution in [3.63, 3.8) is 0 Å². The first-order chi connectivity index (χ1) is 7.69. The second kappa shape index (κ2) is 5.45. The number of aromatic nitrogens is 2. The first-order valence-corrected chi connectivity index (χ1v) is 5.69. The molecular weight excluding hydrogens is 200 g/mol. The molecule has 0 fully saturated rings. The Hall–Kier alpha value is -1.63. The van der Waals surface area contributed by atoms with Crippen LogP contribution in [0.25, 0.3) is 0 Å². The normalized spacial score (nSPS) is 9.94.